The quantitative estimate of drug-likeness (QED) is 0.0570. The fourth-order valence-electron chi connectivity index (χ4n) is 5.89. The van der Waals surface area contributed by atoms with Crippen molar-refractivity contribution in [1.82, 2.24) is 15.1 Å². The van der Waals surface area contributed by atoms with Gasteiger partial charge in [-0.15, -0.1) is 23.5 Å². The first-order valence-electron chi connectivity index (χ1n) is 15.9. The summed E-state index contributed by atoms with van der Waals surface area (Å²) in [5.41, 5.74) is 0.545. The van der Waals surface area contributed by atoms with Gasteiger partial charge in [-0.2, -0.15) is 17.7 Å². The maximum absolute atomic E-state index is 13.6. The number of aliphatic carboxylic acids is 1. The molecule has 3 aliphatic rings. The summed E-state index contributed by atoms with van der Waals surface area (Å²) in [4.78, 5) is 66.9. The number of rotatable bonds is 11. The van der Waals surface area contributed by atoms with Crippen LogP contribution in [0.4, 0.5) is 23.2 Å². The third kappa shape index (κ3) is 8.49. The fourth-order valence-corrected chi connectivity index (χ4v) is 7.91. The van der Waals surface area contributed by atoms with E-state index in [1.165, 1.54) is 36.0 Å². The lowest BCUT2D eigenvalue weighted by atomic mass is 10.0. The number of aromatic hydroxyl groups is 1. The molecule has 0 bridgehead atoms. The Morgan fingerprint density at radius 1 is 1.04 bits per heavy atom. The van der Waals surface area contributed by atoms with Crippen LogP contribution in [0, 0.1) is 5.82 Å². The summed E-state index contributed by atoms with van der Waals surface area (Å²) in [6.07, 6.45) is 0.676. The summed E-state index contributed by atoms with van der Waals surface area (Å²) in [5.74, 6) is -4.65. The molecule has 53 heavy (non-hydrogen) atoms. The molecule has 0 aliphatic carbocycles. The Hall–Kier alpha value is -5.36. The van der Waals surface area contributed by atoms with Gasteiger partial charge in [0.2, 0.25) is 18.4 Å². The second-order valence-corrected chi connectivity index (χ2v) is 14.3. The van der Waals surface area contributed by atoms with Gasteiger partial charge in [0.05, 0.1) is 11.3 Å². The summed E-state index contributed by atoms with van der Waals surface area (Å²) in [6.45, 7) is 0.550. The Bertz CT molecular complexity index is 2040. The van der Waals surface area contributed by atoms with Crippen LogP contribution in [-0.2, 0) is 43.2 Å². The molecule has 276 valence electrons. The predicted octanol–water partition coefficient (Wildman–Crippen LogP) is 3.67. The molecule has 2 fully saturated rings. The number of pyridine rings is 1. The van der Waals surface area contributed by atoms with E-state index in [9.17, 15) is 51.7 Å². The van der Waals surface area contributed by atoms with Gasteiger partial charge in [0.1, 0.15) is 17.1 Å². The third-order valence-corrected chi connectivity index (χ3v) is 10.8. The normalized spacial score (nSPS) is 19.3. The number of nitrogens with zero attached hydrogens (tertiary/aromatic N) is 3. The molecule has 12 nitrogen and oxygen atoms in total. The first-order valence-corrected chi connectivity index (χ1v) is 18.0. The van der Waals surface area contributed by atoms with Crippen molar-refractivity contribution in [2.45, 2.75) is 42.0 Å². The van der Waals surface area contributed by atoms with E-state index in [0.717, 1.165) is 46.5 Å². The molecule has 6 rings (SSSR count). The molecular formula is C35H30F4N5O7S2+. The van der Waals surface area contributed by atoms with Crippen molar-refractivity contribution in [1.29, 1.82) is 0 Å². The molecule has 2 saturated heterocycles. The number of fused-ring (bicyclic) bond motifs is 1. The van der Waals surface area contributed by atoms with E-state index in [1.807, 2.05) is 0 Å². The lowest BCUT2D eigenvalue weighted by molar-refractivity contribution is -0.684. The summed E-state index contributed by atoms with van der Waals surface area (Å²) in [5, 5.41) is 23.8. The maximum atomic E-state index is 13.6. The molecule has 3 aliphatic heterocycles. The average molecular weight is 773 g/mol. The molecule has 4 amide bonds. The number of carbonyl (C=O) groups excluding carboxylic acids is 4. The van der Waals surface area contributed by atoms with Crippen LogP contribution in [0.1, 0.15) is 17.5 Å². The van der Waals surface area contributed by atoms with Crippen molar-refractivity contribution in [2.75, 3.05) is 23.4 Å². The van der Waals surface area contributed by atoms with Gasteiger partial charge in [0, 0.05) is 53.2 Å². The van der Waals surface area contributed by atoms with Gasteiger partial charge in [-0.1, -0.05) is 0 Å². The van der Waals surface area contributed by atoms with Crippen molar-refractivity contribution in [3.05, 3.63) is 107 Å². The Labute approximate surface area is 307 Å². The van der Waals surface area contributed by atoms with Crippen LogP contribution in [0.5, 0.6) is 5.75 Å². The lowest BCUT2D eigenvalue weighted by Gasteiger charge is -2.49. The number of nitrogens with one attached hydrogen (secondary N) is 2. The highest BCUT2D eigenvalue weighted by Gasteiger charge is 2.54. The lowest BCUT2D eigenvalue weighted by Crippen LogP contribution is -2.70. The molecule has 2 atom stereocenters. The van der Waals surface area contributed by atoms with E-state index < -0.39 is 58.4 Å². The predicted molar refractivity (Wildman–Crippen MR) is 183 cm³/mol. The summed E-state index contributed by atoms with van der Waals surface area (Å²) >= 11 is 2.23. The van der Waals surface area contributed by atoms with Gasteiger partial charge in [-0.3, -0.25) is 24.1 Å². The number of allylic oxidation sites excluding steroid dienone is 1. The summed E-state index contributed by atoms with van der Waals surface area (Å²) < 4.78 is 53.6. The monoisotopic (exact) mass is 772 g/mol. The zero-order valence-electron chi connectivity index (χ0n) is 27.4. The van der Waals surface area contributed by atoms with E-state index >= 15 is 0 Å². The minimum atomic E-state index is -4.48. The Morgan fingerprint density at radius 3 is 2.42 bits per heavy atom. The van der Waals surface area contributed by atoms with Crippen molar-refractivity contribution < 1.29 is 56.3 Å². The number of anilines is 1. The van der Waals surface area contributed by atoms with Crippen LogP contribution in [0.3, 0.4) is 0 Å². The number of carboxylic acid groups (broad SMARTS) is 1. The first-order chi connectivity index (χ1) is 25.2. The Kier molecular flexibility index (Phi) is 10.8. The average Bonchev–Trinajstić information content (AvgIpc) is 3.45. The molecule has 4 N–H and O–H groups in total. The van der Waals surface area contributed by atoms with Gasteiger partial charge >= 0.3 is 12.1 Å². The molecule has 0 unspecified atom stereocenters. The van der Waals surface area contributed by atoms with Crippen LogP contribution in [-0.4, -0.2) is 79.1 Å². The van der Waals surface area contributed by atoms with Crippen LogP contribution >= 0.6 is 23.5 Å². The molecule has 18 heteroatoms. The largest absolute Gasteiger partial charge is 0.505 e. The molecule has 4 heterocycles. The van der Waals surface area contributed by atoms with Crippen LogP contribution in [0.25, 0.3) is 0 Å². The minimum Gasteiger partial charge on any atom is -0.505 e. The molecule has 1 aromatic heterocycles. The molecular weight excluding hydrogens is 743 g/mol. The number of carbonyl (C=O) groups is 5. The second-order valence-electron chi connectivity index (χ2n) is 12.2. The van der Waals surface area contributed by atoms with E-state index in [-0.39, 0.29) is 47.5 Å². The third-order valence-electron chi connectivity index (χ3n) is 8.52. The van der Waals surface area contributed by atoms with Gasteiger partial charge < -0.3 is 25.7 Å². The molecule has 3 aromatic rings. The highest BCUT2D eigenvalue weighted by molar-refractivity contribution is 8.00. The zero-order valence-corrected chi connectivity index (χ0v) is 29.1. The highest BCUT2D eigenvalue weighted by Crippen LogP contribution is 2.41. The fraction of sp³-hybridized carbons (Fsp3) is 0.257. The van der Waals surface area contributed by atoms with Crippen molar-refractivity contribution >= 4 is 58.8 Å². The second kappa shape index (κ2) is 15.3. The molecule has 0 saturated carbocycles. The molecule has 0 spiro atoms. The smallest absolute Gasteiger partial charge is 0.416 e. The zero-order chi connectivity index (χ0) is 38.0. The number of halogens is 4. The number of hydrogen-bond donors (Lipinski definition) is 4. The number of benzene rings is 2. The standard InChI is InChI=1S/C35H29F4N5O7S2/c36-25-14-23(3-6-26(25)45)40-27(46)16-42-10-7-19(8-11-42)15-43-12-9-20(31(43)48)13-21-17-53-33-29(32(49)44(33)30(21)34(50)51)41-28(47)18-52-24-4-1-22(2-5-24)35(37,38)39/h1-8,10-11,13-14,29,33H,9,12,15-18H2,(H3-,40,41,45,46,47,50,51)/p+1/t29-,33-/m1/s1. The number of phenolic OH excluding ortho intramolecular Hbond substituents is 1. The number of amides is 4. The van der Waals surface area contributed by atoms with Crippen LogP contribution in [0.2, 0.25) is 0 Å². The van der Waals surface area contributed by atoms with E-state index in [1.54, 1.807) is 34.0 Å². The van der Waals surface area contributed by atoms with Crippen molar-refractivity contribution in [2.24, 2.45) is 0 Å². The highest BCUT2D eigenvalue weighted by atomic mass is 32.2. The van der Waals surface area contributed by atoms with Crippen molar-refractivity contribution in [3.63, 3.8) is 0 Å². The van der Waals surface area contributed by atoms with Gasteiger partial charge in [0.15, 0.2) is 24.0 Å². The van der Waals surface area contributed by atoms with Gasteiger partial charge in [-0.25, -0.2) is 9.18 Å². The molecule has 2 aromatic carbocycles. The Morgan fingerprint density at radius 2 is 1.75 bits per heavy atom. The number of thioether (sulfide) groups is 2. The SMILES string of the molecule is O=C(C[n+]1ccc(CN2CCC(=CC3=C(C(=O)O)N4C(=O)[C@@H](NC(=O)CSc5ccc(C(F)(F)F)cc5)[C@H]4SC3)C2=O)cc1)Nc1ccc(O)c(F)c1. The van der Waals surface area contributed by atoms with Gasteiger partial charge in [0.25, 0.3) is 11.8 Å². The van der Waals surface area contributed by atoms with E-state index in [2.05, 4.69) is 10.6 Å². The molecule has 0 radical (unpaired) electrons. The van der Waals surface area contributed by atoms with Crippen LogP contribution in [0.15, 0.2) is 94.8 Å². The number of alkyl halides is 3. The topological polar surface area (TPSA) is 160 Å². The number of likely N-dealkylation sites (tertiary alicyclic amines) is 1. The van der Waals surface area contributed by atoms with E-state index in [0.29, 0.717) is 23.4 Å². The number of phenols is 1. The number of aromatic nitrogens is 1. The maximum Gasteiger partial charge on any atom is 0.416 e. The minimum absolute atomic E-state index is 0.0736. The van der Waals surface area contributed by atoms with Crippen LogP contribution < -0.4 is 15.2 Å². The number of hydrogen-bond acceptors (Lipinski definition) is 8. The number of β-lactam (4-membered cyclic amide) rings is 1. The van der Waals surface area contributed by atoms with E-state index in [4.69, 9.17) is 0 Å². The first kappa shape index (κ1) is 37.4. The summed E-state index contributed by atoms with van der Waals surface area (Å²) in [7, 11) is 0. The van der Waals surface area contributed by atoms with Gasteiger partial charge in [-0.05, 0) is 60.0 Å². The van der Waals surface area contributed by atoms with Crippen molar-refractivity contribution in [3.8, 4) is 5.75 Å². The number of carboxylic acids is 1. The summed E-state index contributed by atoms with van der Waals surface area (Å²) in [6, 6.07) is 10.3. The Balaban J connectivity index is 1.03.